The fourth-order valence-corrected chi connectivity index (χ4v) is 3.64. The third-order valence-corrected chi connectivity index (χ3v) is 6.79. The fourth-order valence-electron chi connectivity index (χ4n) is 2.69. The summed E-state index contributed by atoms with van der Waals surface area (Å²) in [5, 5.41) is 19.4. The summed E-state index contributed by atoms with van der Waals surface area (Å²) in [5.74, 6) is 0.695. The fraction of sp³-hybridized carbons (Fsp3) is 0.643. The van der Waals surface area contributed by atoms with Gasteiger partial charge in [-0.15, -0.1) is 0 Å². The molecule has 0 saturated carbocycles. The van der Waals surface area contributed by atoms with Crippen molar-refractivity contribution in [2.45, 2.75) is 44.5 Å². The summed E-state index contributed by atoms with van der Waals surface area (Å²) in [6.07, 6.45) is 0.206. The molecule has 0 radical (unpaired) electrons. The molecule has 2 aromatic rings. The number of nitrogens with zero attached hydrogens (tertiary/aromatic N) is 5. The van der Waals surface area contributed by atoms with Gasteiger partial charge in [-0.1, -0.05) is 19.6 Å². The molecule has 0 aromatic carbocycles. The molecular formula is C14H22ClN5O3Si. The van der Waals surface area contributed by atoms with E-state index in [1.54, 1.807) is 10.9 Å². The van der Waals surface area contributed by atoms with Crippen LogP contribution in [0.25, 0.3) is 11.2 Å². The number of hydrogen-bond acceptors (Lipinski definition) is 7. The summed E-state index contributed by atoms with van der Waals surface area (Å²) < 4.78 is 9.56. The SMILES string of the molecule is CN(c1nc(Cl)nc2c1ncn2C1CC(O)C(CO)O1)[Si](C)(C)C. The molecule has 0 amide bonds. The van der Waals surface area contributed by atoms with Crippen LogP contribution in [-0.4, -0.2) is 63.8 Å². The summed E-state index contributed by atoms with van der Waals surface area (Å²) in [6, 6.07) is 0. The smallest absolute Gasteiger partial charge is 0.226 e. The van der Waals surface area contributed by atoms with Crippen LogP contribution in [-0.2, 0) is 4.74 Å². The Hall–Kier alpha value is -1.26. The molecule has 0 aliphatic carbocycles. The first-order valence-electron chi connectivity index (χ1n) is 7.80. The second-order valence-corrected chi connectivity index (χ2v) is 12.3. The van der Waals surface area contributed by atoms with Crippen LogP contribution in [0, 0.1) is 0 Å². The van der Waals surface area contributed by atoms with Gasteiger partial charge in [-0.2, -0.15) is 9.97 Å². The number of halogens is 1. The zero-order valence-corrected chi connectivity index (χ0v) is 15.9. The van der Waals surface area contributed by atoms with Crippen molar-refractivity contribution in [1.29, 1.82) is 0 Å². The topological polar surface area (TPSA) is 96.5 Å². The van der Waals surface area contributed by atoms with Crippen LogP contribution < -0.4 is 4.57 Å². The zero-order valence-electron chi connectivity index (χ0n) is 14.1. The number of ether oxygens (including phenoxy) is 1. The van der Waals surface area contributed by atoms with Crippen molar-refractivity contribution in [2.24, 2.45) is 0 Å². The monoisotopic (exact) mass is 371 g/mol. The second-order valence-electron chi connectivity index (χ2n) is 6.98. The van der Waals surface area contributed by atoms with E-state index in [0.717, 1.165) is 0 Å². The Bertz CT molecular complexity index is 750. The van der Waals surface area contributed by atoms with Gasteiger partial charge in [0.1, 0.15) is 26.1 Å². The number of aliphatic hydroxyl groups excluding tert-OH is 2. The van der Waals surface area contributed by atoms with Crippen molar-refractivity contribution < 1.29 is 14.9 Å². The maximum atomic E-state index is 9.95. The number of aromatic nitrogens is 4. The quantitative estimate of drug-likeness (QED) is 0.619. The molecule has 132 valence electrons. The van der Waals surface area contributed by atoms with Crippen molar-refractivity contribution in [1.82, 2.24) is 19.5 Å². The Morgan fingerprint density at radius 2 is 2.12 bits per heavy atom. The average molecular weight is 372 g/mol. The van der Waals surface area contributed by atoms with Crippen LogP contribution >= 0.6 is 11.6 Å². The number of fused-ring (bicyclic) bond motifs is 1. The molecule has 0 spiro atoms. The number of hydrogen-bond donors (Lipinski definition) is 2. The molecule has 2 N–H and O–H groups in total. The van der Waals surface area contributed by atoms with E-state index in [-0.39, 0.29) is 11.9 Å². The first kappa shape index (κ1) is 17.6. The molecule has 3 unspecified atom stereocenters. The summed E-state index contributed by atoms with van der Waals surface area (Å²) in [6.45, 7) is 6.38. The minimum atomic E-state index is -1.66. The summed E-state index contributed by atoms with van der Waals surface area (Å²) in [5.41, 5.74) is 1.21. The zero-order chi connectivity index (χ0) is 17.6. The first-order valence-corrected chi connectivity index (χ1v) is 11.6. The van der Waals surface area contributed by atoms with E-state index in [1.807, 2.05) is 7.05 Å². The van der Waals surface area contributed by atoms with Crippen LogP contribution in [0.3, 0.4) is 0 Å². The molecule has 1 aliphatic heterocycles. The Labute approximate surface area is 146 Å². The molecule has 0 bridgehead atoms. The predicted octanol–water partition coefficient (Wildman–Crippen LogP) is 1.39. The minimum absolute atomic E-state index is 0.140. The van der Waals surface area contributed by atoms with Crippen LogP contribution in [0.5, 0.6) is 0 Å². The predicted molar refractivity (Wildman–Crippen MR) is 93.7 cm³/mol. The molecule has 1 fully saturated rings. The molecule has 24 heavy (non-hydrogen) atoms. The summed E-state index contributed by atoms with van der Waals surface area (Å²) in [7, 11) is 0.326. The van der Waals surface area contributed by atoms with Gasteiger partial charge in [0.15, 0.2) is 11.5 Å². The van der Waals surface area contributed by atoms with E-state index in [0.29, 0.717) is 23.4 Å². The highest BCUT2D eigenvalue weighted by molar-refractivity contribution is 6.79. The number of anilines is 1. The standard InChI is InChI=1S/C14H22ClN5O3Si/c1-19(24(2,3)4)12-11-13(18-14(15)17-12)20(7-16-11)10-5-8(22)9(6-21)23-10/h7-10,21-22H,5-6H2,1-4H3. The summed E-state index contributed by atoms with van der Waals surface area (Å²) in [4.78, 5) is 13.1. The molecule has 1 aliphatic rings. The first-order chi connectivity index (χ1) is 11.2. The molecule has 2 aromatic heterocycles. The largest absolute Gasteiger partial charge is 0.394 e. The van der Waals surface area contributed by atoms with Crippen LogP contribution in [0.15, 0.2) is 6.33 Å². The van der Waals surface area contributed by atoms with Gasteiger partial charge in [0, 0.05) is 6.42 Å². The van der Waals surface area contributed by atoms with Crippen LogP contribution in [0.2, 0.25) is 24.9 Å². The molecule has 8 nitrogen and oxygen atoms in total. The van der Waals surface area contributed by atoms with Crippen LogP contribution in [0.4, 0.5) is 5.82 Å². The second kappa shape index (κ2) is 6.23. The van der Waals surface area contributed by atoms with Crippen LogP contribution in [0.1, 0.15) is 12.6 Å². The van der Waals surface area contributed by atoms with Gasteiger partial charge < -0.3 is 19.5 Å². The van der Waals surface area contributed by atoms with Gasteiger partial charge in [0.05, 0.1) is 19.0 Å². The lowest BCUT2D eigenvalue weighted by Crippen LogP contribution is -2.43. The van der Waals surface area contributed by atoms with E-state index < -0.39 is 26.7 Å². The van der Waals surface area contributed by atoms with E-state index >= 15 is 0 Å². The van der Waals surface area contributed by atoms with E-state index in [9.17, 15) is 10.2 Å². The maximum Gasteiger partial charge on any atom is 0.226 e. The highest BCUT2D eigenvalue weighted by Gasteiger charge is 2.36. The molecule has 10 heteroatoms. The van der Waals surface area contributed by atoms with E-state index in [1.165, 1.54) is 0 Å². The highest BCUT2D eigenvalue weighted by atomic mass is 35.5. The lowest BCUT2D eigenvalue weighted by atomic mass is 10.2. The van der Waals surface area contributed by atoms with Crippen molar-refractivity contribution in [3.05, 3.63) is 11.6 Å². The summed E-state index contributed by atoms with van der Waals surface area (Å²) >= 11 is 6.13. The lowest BCUT2D eigenvalue weighted by Gasteiger charge is -2.31. The van der Waals surface area contributed by atoms with E-state index in [2.05, 4.69) is 39.2 Å². The van der Waals surface area contributed by atoms with Gasteiger partial charge in [0.2, 0.25) is 5.28 Å². The van der Waals surface area contributed by atoms with Crippen molar-refractivity contribution in [2.75, 3.05) is 18.2 Å². The number of imidazole rings is 1. The molecule has 3 rings (SSSR count). The van der Waals surface area contributed by atoms with Crippen molar-refractivity contribution in [3.8, 4) is 0 Å². The Kier molecular flexibility index (Phi) is 4.56. The normalized spacial score (nSPS) is 24.7. The molecule has 3 heterocycles. The highest BCUT2D eigenvalue weighted by Crippen LogP contribution is 2.33. The Balaban J connectivity index is 2.06. The molecule has 1 saturated heterocycles. The number of rotatable bonds is 4. The van der Waals surface area contributed by atoms with Crippen molar-refractivity contribution in [3.63, 3.8) is 0 Å². The number of aliphatic hydroxyl groups is 2. The third-order valence-electron chi connectivity index (χ3n) is 4.39. The van der Waals surface area contributed by atoms with Gasteiger partial charge in [-0.05, 0) is 18.6 Å². The van der Waals surface area contributed by atoms with Gasteiger partial charge in [-0.3, -0.25) is 4.57 Å². The lowest BCUT2D eigenvalue weighted by molar-refractivity contribution is -0.0432. The Morgan fingerprint density at radius 3 is 2.71 bits per heavy atom. The molecular weight excluding hydrogens is 350 g/mol. The third kappa shape index (κ3) is 3.02. The van der Waals surface area contributed by atoms with Gasteiger partial charge in [0.25, 0.3) is 0 Å². The van der Waals surface area contributed by atoms with E-state index in [4.69, 9.17) is 16.3 Å². The van der Waals surface area contributed by atoms with Crippen molar-refractivity contribution >= 4 is 36.8 Å². The molecule has 3 atom stereocenters. The average Bonchev–Trinajstić information content (AvgIpc) is 3.07. The maximum absolute atomic E-state index is 9.95. The Morgan fingerprint density at radius 1 is 1.42 bits per heavy atom. The van der Waals surface area contributed by atoms with Gasteiger partial charge in [-0.25, -0.2) is 4.98 Å². The minimum Gasteiger partial charge on any atom is -0.394 e. The van der Waals surface area contributed by atoms with Gasteiger partial charge >= 0.3 is 0 Å².